The highest BCUT2D eigenvalue weighted by molar-refractivity contribution is 7.47. The predicted molar refractivity (Wildman–Crippen MR) is 235 cm³/mol. The summed E-state index contributed by atoms with van der Waals surface area (Å²) in [6.45, 7) is 3.31. The van der Waals surface area contributed by atoms with Gasteiger partial charge >= 0.3 is 19.8 Å². The molecule has 0 aliphatic heterocycles. The smallest absolute Gasteiger partial charge is 0.462 e. The van der Waals surface area contributed by atoms with E-state index in [9.17, 15) is 44.6 Å². The van der Waals surface area contributed by atoms with Gasteiger partial charge in [0, 0.05) is 12.8 Å². The second kappa shape index (κ2) is 37.0. The number of ether oxygens (including phenoxy) is 2. The van der Waals surface area contributed by atoms with E-state index in [0.29, 0.717) is 12.8 Å². The Morgan fingerprint density at radius 2 is 0.850 bits per heavy atom. The molecule has 0 aromatic heterocycles. The van der Waals surface area contributed by atoms with Crippen LogP contribution in [0.2, 0.25) is 0 Å². The van der Waals surface area contributed by atoms with Gasteiger partial charge in [0.2, 0.25) is 0 Å². The van der Waals surface area contributed by atoms with Gasteiger partial charge in [0.1, 0.15) is 43.2 Å². The molecule has 354 valence electrons. The van der Waals surface area contributed by atoms with E-state index in [4.69, 9.17) is 18.5 Å². The SMILES string of the molecule is CCCCCCCC/C=C/CCCCCCCC(=O)OC[C@H](COP(=O)(O)OC1C(O)C(O)C(O)[C@@H](O)C1O)OC(=O)CCCCCCCCCCCCCCCCCC. The van der Waals surface area contributed by atoms with Crippen LogP contribution in [0.25, 0.3) is 0 Å². The van der Waals surface area contributed by atoms with Crippen LogP contribution in [-0.2, 0) is 32.7 Å². The summed E-state index contributed by atoms with van der Waals surface area (Å²) in [5.41, 5.74) is 0. The zero-order valence-corrected chi connectivity index (χ0v) is 38.4. The average molecular weight is 879 g/mol. The van der Waals surface area contributed by atoms with Crippen LogP contribution in [0.3, 0.4) is 0 Å². The zero-order chi connectivity index (χ0) is 44.3. The number of aliphatic hydroxyl groups is 5. The number of hydrogen-bond donors (Lipinski definition) is 6. The van der Waals surface area contributed by atoms with Crippen molar-refractivity contribution in [1.82, 2.24) is 0 Å². The summed E-state index contributed by atoms with van der Waals surface area (Å²) in [5.74, 6) is -1.10. The fourth-order valence-electron chi connectivity index (χ4n) is 7.46. The molecule has 60 heavy (non-hydrogen) atoms. The summed E-state index contributed by atoms with van der Waals surface area (Å²) in [5, 5.41) is 50.2. The summed E-state index contributed by atoms with van der Waals surface area (Å²) in [6.07, 6.45) is 25.5. The number of allylic oxidation sites excluding steroid dienone is 2. The standard InChI is InChI=1S/C46H87O13P/c1-3-5-7-9-11-13-15-17-19-21-23-25-27-29-31-33-35-40(48)58-38(37-57-60(54,55)59-46-44(52)42(50)41(49)43(51)45(46)53)36-56-39(47)34-32-30-28-26-24-22-20-18-16-14-12-10-8-6-4-2/h18,20,38,41-46,49-53H,3-17,19,21-37H2,1-2H3,(H,54,55)/b20-18+/t38-,41?,42-,43?,44?,45?,46?/m1/s1. The first kappa shape index (κ1) is 56.6. The highest BCUT2D eigenvalue weighted by atomic mass is 31.2. The summed E-state index contributed by atoms with van der Waals surface area (Å²) >= 11 is 0. The van der Waals surface area contributed by atoms with Gasteiger partial charge in [-0.2, -0.15) is 0 Å². The minimum absolute atomic E-state index is 0.101. The quantitative estimate of drug-likeness (QED) is 0.0147. The minimum atomic E-state index is -5.11. The third-order valence-electron chi connectivity index (χ3n) is 11.4. The normalized spacial score (nSPS) is 22.2. The van der Waals surface area contributed by atoms with Crippen molar-refractivity contribution in [2.24, 2.45) is 0 Å². The monoisotopic (exact) mass is 879 g/mol. The lowest BCUT2D eigenvalue weighted by atomic mass is 9.85. The molecular formula is C46H87O13P. The lowest BCUT2D eigenvalue weighted by Crippen LogP contribution is -2.64. The Morgan fingerprint density at radius 3 is 1.27 bits per heavy atom. The van der Waals surface area contributed by atoms with E-state index < -0.39 is 75.7 Å². The number of phosphoric ester groups is 1. The van der Waals surface area contributed by atoms with Crippen LogP contribution in [-0.4, -0.2) is 98.3 Å². The fourth-order valence-corrected chi connectivity index (χ4v) is 8.43. The maximum atomic E-state index is 12.8. The number of phosphoric acid groups is 1. The molecule has 1 aliphatic carbocycles. The Kier molecular flexibility index (Phi) is 34.9. The molecule has 0 radical (unpaired) electrons. The number of unbranched alkanes of at least 4 members (excludes halogenated alkanes) is 26. The van der Waals surface area contributed by atoms with Crippen molar-refractivity contribution in [1.29, 1.82) is 0 Å². The molecule has 0 aromatic carbocycles. The van der Waals surface area contributed by atoms with Gasteiger partial charge < -0.3 is 39.9 Å². The van der Waals surface area contributed by atoms with E-state index in [2.05, 4.69) is 26.0 Å². The number of rotatable bonds is 40. The van der Waals surface area contributed by atoms with Gasteiger partial charge in [-0.05, 0) is 38.5 Å². The van der Waals surface area contributed by atoms with E-state index in [1.54, 1.807) is 0 Å². The van der Waals surface area contributed by atoms with Gasteiger partial charge in [0.05, 0.1) is 6.61 Å². The molecule has 13 nitrogen and oxygen atoms in total. The van der Waals surface area contributed by atoms with Crippen LogP contribution < -0.4 is 0 Å². The Labute approximate surface area is 363 Å². The van der Waals surface area contributed by atoms with Crippen molar-refractivity contribution in [3.05, 3.63) is 12.2 Å². The Hall–Kier alpha value is -1.41. The lowest BCUT2D eigenvalue weighted by molar-refractivity contribution is -0.220. The van der Waals surface area contributed by atoms with E-state index in [0.717, 1.165) is 57.8 Å². The van der Waals surface area contributed by atoms with Crippen LogP contribution in [0.4, 0.5) is 0 Å². The van der Waals surface area contributed by atoms with Crippen molar-refractivity contribution in [3.63, 3.8) is 0 Å². The third-order valence-corrected chi connectivity index (χ3v) is 12.3. The second-order valence-electron chi connectivity index (χ2n) is 17.0. The molecule has 1 fully saturated rings. The molecule has 8 atom stereocenters. The highest BCUT2D eigenvalue weighted by Crippen LogP contribution is 2.47. The molecule has 0 aromatic rings. The van der Waals surface area contributed by atoms with Crippen molar-refractivity contribution in [2.75, 3.05) is 13.2 Å². The van der Waals surface area contributed by atoms with Crippen LogP contribution in [0.5, 0.6) is 0 Å². The van der Waals surface area contributed by atoms with E-state index in [1.165, 1.54) is 116 Å². The van der Waals surface area contributed by atoms with Crippen LogP contribution in [0, 0.1) is 0 Å². The molecule has 1 saturated carbocycles. The molecule has 0 spiro atoms. The molecule has 1 rings (SSSR count). The van der Waals surface area contributed by atoms with Crippen LogP contribution >= 0.6 is 7.82 Å². The van der Waals surface area contributed by atoms with Gasteiger partial charge in [-0.15, -0.1) is 0 Å². The van der Waals surface area contributed by atoms with Crippen molar-refractivity contribution < 1.29 is 63.1 Å². The first-order valence-corrected chi connectivity index (χ1v) is 25.5. The molecular weight excluding hydrogens is 791 g/mol. The minimum Gasteiger partial charge on any atom is -0.462 e. The molecule has 0 bridgehead atoms. The Balaban J connectivity index is 2.44. The molecule has 6 N–H and O–H groups in total. The topological polar surface area (TPSA) is 210 Å². The molecule has 0 heterocycles. The summed E-state index contributed by atoms with van der Waals surface area (Å²) in [6, 6.07) is 0. The van der Waals surface area contributed by atoms with E-state index in [1.807, 2.05) is 0 Å². The summed E-state index contributed by atoms with van der Waals surface area (Å²) < 4.78 is 33.6. The zero-order valence-electron chi connectivity index (χ0n) is 37.5. The summed E-state index contributed by atoms with van der Waals surface area (Å²) in [4.78, 5) is 35.7. The second-order valence-corrected chi connectivity index (χ2v) is 18.4. The molecule has 14 heteroatoms. The fraction of sp³-hybridized carbons (Fsp3) is 0.913. The molecule has 0 saturated heterocycles. The lowest BCUT2D eigenvalue weighted by Gasteiger charge is -2.41. The highest BCUT2D eigenvalue weighted by Gasteiger charge is 2.51. The van der Waals surface area contributed by atoms with E-state index >= 15 is 0 Å². The van der Waals surface area contributed by atoms with Gasteiger partial charge in [0.15, 0.2) is 6.10 Å². The van der Waals surface area contributed by atoms with Crippen LogP contribution in [0.1, 0.15) is 213 Å². The third kappa shape index (κ3) is 29.0. The van der Waals surface area contributed by atoms with Gasteiger partial charge in [-0.1, -0.05) is 174 Å². The van der Waals surface area contributed by atoms with Crippen molar-refractivity contribution in [3.8, 4) is 0 Å². The Morgan fingerprint density at radius 1 is 0.500 bits per heavy atom. The first-order valence-electron chi connectivity index (χ1n) is 24.0. The predicted octanol–water partition coefficient (Wildman–Crippen LogP) is 9.45. The van der Waals surface area contributed by atoms with Gasteiger partial charge in [-0.25, -0.2) is 4.57 Å². The Bertz CT molecular complexity index is 1110. The maximum absolute atomic E-state index is 12.8. The summed E-state index contributed by atoms with van der Waals surface area (Å²) in [7, 11) is -5.11. The van der Waals surface area contributed by atoms with Crippen molar-refractivity contribution >= 4 is 19.8 Å². The number of esters is 2. The molecule has 6 unspecified atom stereocenters. The van der Waals surface area contributed by atoms with Crippen LogP contribution in [0.15, 0.2) is 12.2 Å². The van der Waals surface area contributed by atoms with E-state index in [-0.39, 0.29) is 12.8 Å². The molecule has 1 aliphatic rings. The number of aliphatic hydroxyl groups excluding tert-OH is 5. The largest absolute Gasteiger partial charge is 0.472 e. The van der Waals surface area contributed by atoms with Gasteiger partial charge in [-0.3, -0.25) is 18.6 Å². The van der Waals surface area contributed by atoms with Crippen molar-refractivity contribution in [2.45, 2.75) is 256 Å². The number of carbonyl (C=O) groups is 2. The molecule has 0 amide bonds. The maximum Gasteiger partial charge on any atom is 0.472 e. The number of hydrogen-bond acceptors (Lipinski definition) is 12. The number of carbonyl (C=O) groups excluding carboxylic acids is 2. The van der Waals surface area contributed by atoms with Gasteiger partial charge in [0.25, 0.3) is 0 Å². The first-order chi connectivity index (χ1) is 28.9. The average Bonchev–Trinajstić information content (AvgIpc) is 3.23.